The van der Waals surface area contributed by atoms with E-state index in [2.05, 4.69) is 0 Å². The van der Waals surface area contributed by atoms with Crippen LogP contribution in [0.15, 0.2) is 54.1 Å². The van der Waals surface area contributed by atoms with Gasteiger partial charge in [-0.25, -0.2) is 9.18 Å². The van der Waals surface area contributed by atoms with Crippen LogP contribution >= 0.6 is 0 Å². The summed E-state index contributed by atoms with van der Waals surface area (Å²) in [4.78, 5) is 11.9. The fourth-order valence-corrected chi connectivity index (χ4v) is 1.71. The van der Waals surface area contributed by atoms with Gasteiger partial charge in [0.1, 0.15) is 29.3 Å². The van der Waals surface area contributed by atoms with Crippen molar-refractivity contribution in [3.05, 3.63) is 71.0 Å². The molecule has 0 radical (unpaired) electrons. The van der Waals surface area contributed by atoms with Gasteiger partial charge in [-0.05, 0) is 35.9 Å². The highest BCUT2D eigenvalue weighted by Gasteiger charge is 2.13. The van der Waals surface area contributed by atoms with Crippen molar-refractivity contribution >= 4 is 12.0 Å². The van der Waals surface area contributed by atoms with Crippen molar-refractivity contribution in [2.75, 3.05) is 0 Å². The average Bonchev–Trinajstić information content (AvgIpc) is 2.53. The van der Waals surface area contributed by atoms with Gasteiger partial charge in [0, 0.05) is 0 Å². The maximum atomic E-state index is 13.5. The van der Waals surface area contributed by atoms with E-state index in [1.165, 1.54) is 42.5 Å². The van der Waals surface area contributed by atoms with Crippen LogP contribution in [0.2, 0.25) is 0 Å². The first-order chi connectivity index (χ1) is 10.6. The molecule has 0 atom stereocenters. The number of allylic oxidation sites excluding steroid dienone is 1. The summed E-state index contributed by atoms with van der Waals surface area (Å²) in [6.45, 7) is 0. The molecule has 5 heteroatoms. The summed E-state index contributed by atoms with van der Waals surface area (Å²) >= 11 is 0. The van der Waals surface area contributed by atoms with E-state index >= 15 is 0 Å². The molecule has 0 saturated heterocycles. The molecule has 106 valence electrons. The van der Waals surface area contributed by atoms with Crippen LogP contribution in [-0.2, 0) is 0 Å². The van der Waals surface area contributed by atoms with Crippen molar-refractivity contribution in [1.82, 2.24) is 0 Å². The van der Waals surface area contributed by atoms with Gasteiger partial charge in [0.05, 0.1) is 5.56 Å². The summed E-state index contributed by atoms with van der Waals surface area (Å²) in [6, 6.07) is 15.2. The van der Waals surface area contributed by atoms with Crippen LogP contribution in [0.25, 0.3) is 6.08 Å². The molecule has 0 aliphatic rings. The van der Waals surface area contributed by atoms with Gasteiger partial charge < -0.3 is 4.74 Å². The number of nitriles is 2. The number of esters is 1. The number of carbonyl (C=O) groups is 1. The lowest BCUT2D eigenvalue weighted by Gasteiger charge is -2.05. The molecular weight excluding hydrogens is 283 g/mol. The zero-order chi connectivity index (χ0) is 15.9. The Morgan fingerprint density at radius 3 is 2.50 bits per heavy atom. The van der Waals surface area contributed by atoms with E-state index in [4.69, 9.17) is 15.3 Å². The van der Waals surface area contributed by atoms with Crippen LogP contribution in [0.3, 0.4) is 0 Å². The summed E-state index contributed by atoms with van der Waals surface area (Å²) in [5.41, 5.74) is 0.285. The average molecular weight is 292 g/mol. The Bertz CT molecular complexity index is 813. The van der Waals surface area contributed by atoms with Crippen molar-refractivity contribution in [2.24, 2.45) is 0 Å². The highest BCUT2D eigenvalue weighted by atomic mass is 19.1. The second-order valence-electron chi connectivity index (χ2n) is 4.22. The Kier molecular flexibility index (Phi) is 4.64. The van der Waals surface area contributed by atoms with Crippen molar-refractivity contribution in [1.29, 1.82) is 10.5 Å². The van der Waals surface area contributed by atoms with Crippen LogP contribution in [0.1, 0.15) is 15.9 Å². The van der Waals surface area contributed by atoms with Gasteiger partial charge in [-0.15, -0.1) is 0 Å². The van der Waals surface area contributed by atoms with Gasteiger partial charge in [0.2, 0.25) is 0 Å². The number of hydrogen-bond donors (Lipinski definition) is 0. The minimum atomic E-state index is -0.819. The summed E-state index contributed by atoms with van der Waals surface area (Å²) in [7, 11) is 0. The van der Waals surface area contributed by atoms with Crippen molar-refractivity contribution in [3.63, 3.8) is 0 Å². The van der Waals surface area contributed by atoms with E-state index < -0.39 is 11.8 Å². The van der Waals surface area contributed by atoms with E-state index in [1.807, 2.05) is 0 Å². The fourth-order valence-electron chi connectivity index (χ4n) is 1.71. The molecule has 4 nitrogen and oxygen atoms in total. The van der Waals surface area contributed by atoms with Gasteiger partial charge in [-0.2, -0.15) is 10.5 Å². The molecule has 0 fully saturated rings. The SMILES string of the molecule is N#CC(C#N)=Cc1cccc(OC(=O)c2ccccc2F)c1. The zero-order valence-electron chi connectivity index (χ0n) is 11.3. The fraction of sp³-hybridized carbons (Fsp3) is 0. The number of halogens is 1. The van der Waals surface area contributed by atoms with Crippen molar-refractivity contribution < 1.29 is 13.9 Å². The Hall–Kier alpha value is -3.44. The Balaban J connectivity index is 2.23. The first-order valence-corrected chi connectivity index (χ1v) is 6.22. The third-order valence-corrected chi connectivity index (χ3v) is 2.71. The third kappa shape index (κ3) is 3.56. The summed E-state index contributed by atoms with van der Waals surface area (Å²) in [6.07, 6.45) is 1.36. The predicted molar refractivity (Wildman–Crippen MR) is 77.0 cm³/mol. The van der Waals surface area contributed by atoms with Crippen LogP contribution in [0, 0.1) is 28.5 Å². The molecule has 0 aromatic heterocycles. The molecule has 0 aliphatic heterocycles. The molecular formula is C17H9FN2O2. The number of benzene rings is 2. The first kappa shape index (κ1) is 15.0. The standard InChI is InChI=1S/C17H9FN2O2/c18-16-7-2-1-6-15(16)17(21)22-14-5-3-4-12(9-14)8-13(10-19)11-20/h1-9H. The number of ether oxygens (including phenoxy) is 1. The molecule has 0 unspecified atom stereocenters. The smallest absolute Gasteiger partial charge is 0.346 e. The van der Waals surface area contributed by atoms with Crippen molar-refractivity contribution in [2.45, 2.75) is 0 Å². The van der Waals surface area contributed by atoms with Crippen molar-refractivity contribution in [3.8, 4) is 17.9 Å². The van der Waals surface area contributed by atoms with E-state index in [-0.39, 0.29) is 16.9 Å². The molecule has 0 amide bonds. The quantitative estimate of drug-likeness (QED) is 0.493. The molecule has 0 aliphatic carbocycles. The Labute approximate surface area is 126 Å². The monoisotopic (exact) mass is 292 g/mol. The van der Waals surface area contributed by atoms with Gasteiger partial charge in [0.15, 0.2) is 0 Å². The molecule has 2 aromatic carbocycles. The number of carbonyl (C=O) groups excluding carboxylic acids is 1. The van der Waals surface area contributed by atoms with Crippen LogP contribution < -0.4 is 4.74 Å². The molecule has 2 rings (SSSR count). The lowest BCUT2D eigenvalue weighted by Crippen LogP contribution is -2.10. The zero-order valence-corrected chi connectivity index (χ0v) is 11.3. The topological polar surface area (TPSA) is 73.9 Å². The predicted octanol–water partition coefficient (Wildman–Crippen LogP) is 3.48. The molecule has 22 heavy (non-hydrogen) atoms. The minimum absolute atomic E-state index is 0.0717. The molecule has 0 spiro atoms. The maximum absolute atomic E-state index is 13.5. The van der Waals surface area contributed by atoms with E-state index in [0.29, 0.717) is 5.56 Å². The van der Waals surface area contributed by atoms with Gasteiger partial charge >= 0.3 is 5.97 Å². The second-order valence-corrected chi connectivity index (χ2v) is 4.22. The molecule has 0 heterocycles. The number of rotatable bonds is 3. The Morgan fingerprint density at radius 2 is 1.82 bits per heavy atom. The summed E-state index contributed by atoms with van der Waals surface area (Å²) in [5.74, 6) is -1.29. The minimum Gasteiger partial charge on any atom is -0.423 e. The largest absolute Gasteiger partial charge is 0.423 e. The molecule has 2 aromatic rings. The third-order valence-electron chi connectivity index (χ3n) is 2.71. The van der Waals surface area contributed by atoms with Crippen LogP contribution in [-0.4, -0.2) is 5.97 Å². The lowest BCUT2D eigenvalue weighted by molar-refractivity contribution is 0.0730. The van der Waals surface area contributed by atoms with Crippen LogP contribution in [0.5, 0.6) is 5.75 Å². The normalized spacial score (nSPS) is 9.23. The lowest BCUT2D eigenvalue weighted by atomic mass is 10.1. The second kappa shape index (κ2) is 6.83. The first-order valence-electron chi connectivity index (χ1n) is 6.22. The number of nitrogens with zero attached hydrogens (tertiary/aromatic N) is 2. The highest BCUT2D eigenvalue weighted by Crippen LogP contribution is 2.18. The molecule has 0 saturated carbocycles. The van der Waals surface area contributed by atoms with Gasteiger partial charge in [0.25, 0.3) is 0 Å². The maximum Gasteiger partial charge on any atom is 0.346 e. The number of hydrogen-bond acceptors (Lipinski definition) is 4. The summed E-state index contributed by atoms with van der Waals surface area (Å²) in [5, 5.41) is 17.4. The summed E-state index contributed by atoms with van der Waals surface area (Å²) < 4.78 is 18.6. The van der Waals surface area contributed by atoms with E-state index in [9.17, 15) is 9.18 Å². The van der Waals surface area contributed by atoms with E-state index in [0.717, 1.165) is 0 Å². The molecule has 0 N–H and O–H groups in total. The Morgan fingerprint density at radius 1 is 1.09 bits per heavy atom. The highest BCUT2D eigenvalue weighted by molar-refractivity contribution is 5.91. The van der Waals surface area contributed by atoms with Crippen LogP contribution in [0.4, 0.5) is 4.39 Å². The van der Waals surface area contributed by atoms with Gasteiger partial charge in [-0.3, -0.25) is 0 Å². The van der Waals surface area contributed by atoms with E-state index in [1.54, 1.807) is 24.3 Å². The molecule has 0 bridgehead atoms. The van der Waals surface area contributed by atoms with Gasteiger partial charge in [-0.1, -0.05) is 24.3 Å².